The number of nitrogens with one attached hydrogen (secondary N) is 1. The highest BCUT2D eigenvalue weighted by Crippen LogP contribution is 2.17. The summed E-state index contributed by atoms with van der Waals surface area (Å²) in [4.78, 5) is 38.6. The number of hydrogen-bond acceptors (Lipinski definition) is 7. The van der Waals surface area contributed by atoms with Crippen LogP contribution < -0.4 is 5.32 Å². The lowest BCUT2D eigenvalue weighted by Gasteiger charge is -2.02. The van der Waals surface area contributed by atoms with Gasteiger partial charge in [0, 0.05) is 11.5 Å². The van der Waals surface area contributed by atoms with Crippen molar-refractivity contribution in [2.75, 3.05) is 19.0 Å². The lowest BCUT2D eigenvalue weighted by molar-refractivity contribution is -0.142. The van der Waals surface area contributed by atoms with Crippen LogP contribution in [0.5, 0.6) is 0 Å². The van der Waals surface area contributed by atoms with Crippen LogP contribution in [0.2, 0.25) is 5.02 Å². The number of methoxy groups -OCH3 is 1. The van der Waals surface area contributed by atoms with Crippen LogP contribution in [-0.2, 0) is 30.3 Å². The first-order valence-electron chi connectivity index (χ1n) is 7.48. The van der Waals surface area contributed by atoms with E-state index in [1.165, 1.54) is 31.4 Å². The zero-order valence-electron chi connectivity index (χ0n) is 14.0. The van der Waals surface area contributed by atoms with Gasteiger partial charge in [0.2, 0.25) is 0 Å². The van der Waals surface area contributed by atoms with E-state index in [-0.39, 0.29) is 16.6 Å². The smallest absolute Gasteiger partial charge is 0.331 e. The standard InChI is InChI=1S/C17H14ClFN2O5S/c1-25-16(24)7-11-9-27-17(20-11)21-14(22)8-26-15(23)5-3-10-2-4-13(19)12(18)6-10/h2-6,9H,7-8H2,1H3,(H,20,21,22)/b5-3+. The number of esters is 2. The summed E-state index contributed by atoms with van der Waals surface area (Å²) in [5.41, 5.74) is 0.962. The van der Waals surface area contributed by atoms with Crippen molar-refractivity contribution in [1.82, 2.24) is 4.98 Å². The van der Waals surface area contributed by atoms with Crippen LogP contribution in [0.15, 0.2) is 29.7 Å². The minimum atomic E-state index is -0.754. The average Bonchev–Trinajstić information content (AvgIpc) is 3.07. The van der Waals surface area contributed by atoms with Crippen molar-refractivity contribution in [2.24, 2.45) is 0 Å². The summed E-state index contributed by atoms with van der Waals surface area (Å²) in [5.74, 6) is -2.34. The fraction of sp³-hybridized carbons (Fsp3) is 0.176. The monoisotopic (exact) mass is 412 g/mol. The lowest BCUT2D eigenvalue weighted by atomic mass is 10.2. The highest BCUT2D eigenvalue weighted by molar-refractivity contribution is 7.13. The second kappa shape index (κ2) is 9.79. The third-order valence-electron chi connectivity index (χ3n) is 3.05. The van der Waals surface area contributed by atoms with Crippen LogP contribution in [0.1, 0.15) is 11.3 Å². The minimum Gasteiger partial charge on any atom is -0.469 e. The number of amides is 1. The van der Waals surface area contributed by atoms with Crippen LogP contribution in [0.4, 0.5) is 9.52 Å². The Morgan fingerprint density at radius 2 is 2.15 bits per heavy atom. The molecule has 10 heteroatoms. The normalized spacial score (nSPS) is 10.6. The number of ether oxygens (including phenoxy) is 2. The Bertz CT molecular complexity index is 884. The lowest BCUT2D eigenvalue weighted by Crippen LogP contribution is -2.20. The van der Waals surface area contributed by atoms with Gasteiger partial charge in [0.1, 0.15) is 5.82 Å². The number of aromatic nitrogens is 1. The van der Waals surface area contributed by atoms with Gasteiger partial charge in [-0.15, -0.1) is 11.3 Å². The van der Waals surface area contributed by atoms with Crippen molar-refractivity contribution in [1.29, 1.82) is 0 Å². The molecule has 0 aliphatic carbocycles. The van der Waals surface area contributed by atoms with Gasteiger partial charge in [0.15, 0.2) is 11.7 Å². The number of nitrogens with zero attached hydrogens (tertiary/aromatic N) is 1. The van der Waals surface area contributed by atoms with Crippen LogP contribution in [0.25, 0.3) is 6.08 Å². The maximum absolute atomic E-state index is 13.0. The number of carbonyl (C=O) groups excluding carboxylic acids is 3. The molecule has 0 unspecified atom stereocenters. The summed E-state index contributed by atoms with van der Waals surface area (Å²) in [6.45, 7) is -0.515. The molecule has 0 atom stereocenters. The van der Waals surface area contributed by atoms with Crippen molar-refractivity contribution in [2.45, 2.75) is 6.42 Å². The summed E-state index contributed by atoms with van der Waals surface area (Å²) >= 11 is 6.76. The molecule has 0 fully saturated rings. The van der Waals surface area contributed by atoms with E-state index in [1.54, 1.807) is 5.38 Å². The van der Waals surface area contributed by atoms with Crippen LogP contribution in [0.3, 0.4) is 0 Å². The Morgan fingerprint density at radius 1 is 1.37 bits per heavy atom. The van der Waals surface area contributed by atoms with Crippen LogP contribution in [0, 0.1) is 5.82 Å². The highest BCUT2D eigenvalue weighted by Gasteiger charge is 2.11. The molecule has 2 rings (SSSR count). The Labute approximate surface area is 162 Å². The van der Waals surface area contributed by atoms with Gasteiger partial charge in [-0.25, -0.2) is 14.2 Å². The van der Waals surface area contributed by atoms with Crippen LogP contribution >= 0.6 is 22.9 Å². The predicted molar refractivity (Wildman–Crippen MR) is 97.9 cm³/mol. The van der Waals surface area contributed by atoms with Crippen molar-refractivity contribution in [3.05, 3.63) is 51.8 Å². The number of halogens is 2. The molecule has 1 amide bonds. The predicted octanol–water partition coefficient (Wildman–Crippen LogP) is 2.85. The first kappa shape index (κ1) is 20.5. The van der Waals surface area contributed by atoms with E-state index in [2.05, 4.69) is 15.0 Å². The first-order valence-corrected chi connectivity index (χ1v) is 8.74. The number of hydrogen-bond donors (Lipinski definition) is 1. The Balaban J connectivity index is 1.79. The second-order valence-electron chi connectivity index (χ2n) is 5.06. The molecule has 0 aliphatic heterocycles. The van der Waals surface area contributed by atoms with Crippen molar-refractivity contribution in [3.8, 4) is 0 Å². The molecule has 1 N–H and O–H groups in total. The molecule has 0 saturated heterocycles. The van der Waals surface area contributed by atoms with Gasteiger partial charge < -0.3 is 9.47 Å². The summed E-state index contributed by atoms with van der Waals surface area (Å²) < 4.78 is 22.4. The van der Waals surface area contributed by atoms with Gasteiger partial charge in [-0.1, -0.05) is 17.7 Å². The Kier molecular flexibility index (Phi) is 7.44. The van der Waals surface area contributed by atoms with Crippen molar-refractivity contribution < 1.29 is 28.2 Å². The zero-order chi connectivity index (χ0) is 19.8. The van der Waals surface area contributed by atoms with Gasteiger partial charge in [-0.05, 0) is 23.8 Å². The Hall–Kier alpha value is -2.78. The molecule has 0 aliphatic rings. The Morgan fingerprint density at radius 3 is 2.85 bits per heavy atom. The third kappa shape index (κ3) is 6.80. The van der Waals surface area contributed by atoms with E-state index in [1.807, 2.05) is 0 Å². The molecule has 142 valence electrons. The fourth-order valence-electron chi connectivity index (χ4n) is 1.79. The summed E-state index contributed by atoms with van der Waals surface area (Å²) in [5, 5.41) is 4.26. The number of thiazole rings is 1. The molecule has 1 heterocycles. The van der Waals surface area contributed by atoms with E-state index in [0.29, 0.717) is 11.3 Å². The van der Waals surface area contributed by atoms with E-state index in [4.69, 9.17) is 16.3 Å². The fourth-order valence-corrected chi connectivity index (χ4v) is 2.70. The molecule has 1 aromatic heterocycles. The van der Waals surface area contributed by atoms with E-state index in [0.717, 1.165) is 17.4 Å². The topological polar surface area (TPSA) is 94.6 Å². The van der Waals surface area contributed by atoms with Gasteiger partial charge in [-0.3, -0.25) is 14.9 Å². The second-order valence-corrected chi connectivity index (χ2v) is 6.32. The number of benzene rings is 1. The average molecular weight is 413 g/mol. The summed E-state index contributed by atoms with van der Waals surface area (Å²) in [6.07, 6.45) is 2.47. The molecule has 0 bridgehead atoms. The maximum Gasteiger partial charge on any atom is 0.331 e. The van der Waals surface area contributed by atoms with E-state index >= 15 is 0 Å². The molecule has 27 heavy (non-hydrogen) atoms. The minimum absolute atomic E-state index is 0.00392. The molecular weight excluding hydrogens is 399 g/mol. The molecule has 7 nitrogen and oxygen atoms in total. The van der Waals surface area contributed by atoms with Gasteiger partial charge in [0.25, 0.3) is 5.91 Å². The van der Waals surface area contributed by atoms with Crippen LogP contribution in [-0.4, -0.2) is 36.5 Å². The number of rotatable bonds is 7. The van der Waals surface area contributed by atoms with Gasteiger partial charge in [0.05, 0.1) is 24.2 Å². The number of anilines is 1. The molecule has 0 saturated carbocycles. The molecule has 2 aromatic rings. The molecule has 1 aromatic carbocycles. The third-order valence-corrected chi connectivity index (χ3v) is 4.15. The number of carbonyl (C=O) groups is 3. The quantitative estimate of drug-likeness (QED) is 0.555. The van der Waals surface area contributed by atoms with Crippen molar-refractivity contribution >= 4 is 52.0 Å². The maximum atomic E-state index is 13.0. The summed E-state index contributed by atoms with van der Waals surface area (Å²) in [6, 6.07) is 3.96. The largest absolute Gasteiger partial charge is 0.469 e. The highest BCUT2D eigenvalue weighted by atomic mass is 35.5. The van der Waals surface area contributed by atoms with E-state index in [9.17, 15) is 18.8 Å². The van der Waals surface area contributed by atoms with Gasteiger partial charge in [-0.2, -0.15) is 0 Å². The molecular formula is C17H14ClFN2O5S. The zero-order valence-corrected chi connectivity index (χ0v) is 15.6. The summed E-state index contributed by atoms with van der Waals surface area (Å²) in [7, 11) is 1.27. The first-order chi connectivity index (χ1) is 12.9. The SMILES string of the molecule is COC(=O)Cc1csc(NC(=O)COC(=O)/C=C/c2ccc(F)c(Cl)c2)n1. The van der Waals surface area contributed by atoms with E-state index < -0.39 is 30.3 Å². The van der Waals surface area contributed by atoms with Crippen molar-refractivity contribution in [3.63, 3.8) is 0 Å². The molecule has 0 radical (unpaired) electrons. The molecule has 0 spiro atoms. The van der Waals surface area contributed by atoms with Gasteiger partial charge >= 0.3 is 11.9 Å².